The Bertz CT molecular complexity index is 303. The summed E-state index contributed by atoms with van der Waals surface area (Å²) in [7, 11) is 0. The molecule has 0 fully saturated rings. The van der Waals surface area contributed by atoms with E-state index in [1.165, 1.54) is 0 Å². The van der Waals surface area contributed by atoms with Gasteiger partial charge in [0.2, 0.25) is 12.8 Å². The Labute approximate surface area is 94.1 Å². The van der Waals surface area contributed by atoms with E-state index in [1.54, 1.807) is 24.3 Å². The summed E-state index contributed by atoms with van der Waals surface area (Å²) in [4.78, 5) is 0. The van der Waals surface area contributed by atoms with Crippen LogP contribution < -0.4 is 4.74 Å². The number of ether oxygens (including phenoxy) is 2. The maximum atomic E-state index is 11.8. The topological polar surface area (TPSA) is 42.3 Å². The first kappa shape index (κ1) is 13.7. The third-order valence-corrected chi connectivity index (χ3v) is 1.63. The van der Waals surface area contributed by atoms with Crippen molar-refractivity contribution in [2.75, 3.05) is 13.5 Å². The first-order valence-electron chi connectivity index (χ1n) is 4.28. The smallest absolute Gasteiger partial charge is 0.228 e. The molecular weight excluding hydrogens is 221 g/mol. The van der Waals surface area contributed by atoms with Crippen LogP contribution in [0.25, 0.3) is 0 Å². The summed E-state index contributed by atoms with van der Waals surface area (Å²) >= 11 is 0. The van der Waals surface area contributed by atoms with E-state index in [2.05, 4.69) is 4.74 Å². The molecule has 0 radical (unpaired) electrons. The molecule has 0 amide bonds. The molecular formula is C10H13ClFNO2. The third-order valence-electron chi connectivity index (χ3n) is 1.63. The van der Waals surface area contributed by atoms with Crippen LogP contribution in [0.5, 0.6) is 5.75 Å². The molecule has 0 spiro atoms. The van der Waals surface area contributed by atoms with E-state index in [9.17, 15) is 4.39 Å². The van der Waals surface area contributed by atoms with E-state index in [1.807, 2.05) is 6.92 Å². The van der Waals surface area contributed by atoms with Gasteiger partial charge in [0.1, 0.15) is 5.75 Å². The molecule has 0 aliphatic carbocycles. The van der Waals surface area contributed by atoms with Gasteiger partial charge in [-0.05, 0) is 31.2 Å². The van der Waals surface area contributed by atoms with Gasteiger partial charge in [-0.3, -0.25) is 5.41 Å². The highest BCUT2D eigenvalue weighted by molar-refractivity contribution is 5.91. The second kappa shape index (κ2) is 7.06. The van der Waals surface area contributed by atoms with Gasteiger partial charge >= 0.3 is 0 Å². The lowest BCUT2D eigenvalue weighted by molar-refractivity contribution is 0.192. The largest absolute Gasteiger partial charge is 0.478 e. The Morgan fingerprint density at radius 3 is 2.40 bits per heavy atom. The molecule has 0 atom stereocenters. The van der Waals surface area contributed by atoms with Crippen LogP contribution in [0.1, 0.15) is 12.5 Å². The van der Waals surface area contributed by atoms with Crippen molar-refractivity contribution in [3.05, 3.63) is 29.8 Å². The zero-order valence-electron chi connectivity index (χ0n) is 8.33. The van der Waals surface area contributed by atoms with Crippen LogP contribution in [0.3, 0.4) is 0 Å². The van der Waals surface area contributed by atoms with Gasteiger partial charge in [0, 0.05) is 5.56 Å². The van der Waals surface area contributed by atoms with Crippen LogP contribution in [0.4, 0.5) is 4.39 Å². The Kier molecular flexibility index (Phi) is 6.45. The van der Waals surface area contributed by atoms with Gasteiger partial charge in [0.15, 0.2) is 0 Å². The molecule has 1 aromatic rings. The fourth-order valence-electron chi connectivity index (χ4n) is 0.993. The lowest BCUT2D eigenvalue weighted by Crippen LogP contribution is -2.04. The number of hydrogen-bond acceptors (Lipinski definition) is 3. The van der Waals surface area contributed by atoms with Gasteiger partial charge < -0.3 is 9.47 Å². The molecule has 0 heterocycles. The number of halogens is 2. The number of benzene rings is 1. The molecule has 0 aliphatic heterocycles. The van der Waals surface area contributed by atoms with E-state index in [0.29, 0.717) is 17.9 Å². The third kappa shape index (κ3) is 4.16. The molecule has 0 aliphatic rings. The molecule has 0 aromatic heterocycles. The normalized spacial score (nSPS) is 8.93. The molecule has 0 unspecified atom stereocenters. The zero-order valence-corrected chi connectivity index (χ0v) is 9.14. The van der Waals surface area contributed by atoms with Crippen molar-refractivity contribution in [2.45, 2.75) is 6.92 Å². The quantitative estimate of drug-likeness (QED) is 0.642. The Hall–Kier alpha value is -1.29. The van der Waals surface area contributed by atoms with Crippen LogP contribution in [0.15, 0.2) is 24.3 Å². The molecule has 1 N–H and O–H groups in total. The van der Waals surface area contributed by atoms with Gasteiger partial charge in [-0.15, -0.1) is 12.4 Å². The highest BCUT2D eigenvalue weighted by Crippen LogP contribution is 2.12. The summed E-state index contributed by atoms with van der Waals surface area (Å²) in [6.45, 7) is 1.43. The summed E-state index contributed by atoms with van der Waals surface area (Å²) in [6, 6.07) is 6.51. The molecule has 0 bridgehead atoms. The van der Waals surface area contributed by atoms with E-state index in [0.717, 1.165) is 0 Å². The summed E-state index contributed by atoms with van der Waals surface area (Å²) in [5.74, 6) is 0.555. The lowest BCUT2D eigenvalue weighted by Gasteiger charge is -2.05. The first-order valence-corrected chi connectivity index (χ1v) is 4.28. The van der Waals surface area contributed by atoms with Crippen molar-refractivity contribution in [2.24, 2.45) is 0 Å². The minimum Gasteiger partial charge on any atom is -0.478 e. The van der Waals surface area contributed by atoms with E-state index < -0.39 is 6.86 Å². The SMILES string of the molecule is CCOC(=N)c1ccc(OCF)cc1.Cl. The highest BCUT2D eigenvalue weighted by Gasteiger charge is 2.01. The lowest BCUT2D eigenvalue weighted by atomic mass is 10.2. The van der Waals surface area contributed by atoms with Crippen LogP contribution in [-0.2, 0) is 4.74 Å². The van der Waals surface area contributed by atoms with E-state index in [-0.39, 0.29) is 18.3 Å². The van der Waals surface area contributed by atoms with Gasteiger partial charge in [0.05, 0.1) is 6.61 Å². The predicted molar refractivity (Wildman–Crippen MR) is 58.7 cm³/mol. The molecule has 1 rings (SSSR count). The van der Waals surface area contributed by atoms with E-state index in [4.69, 9.17) is 10.1 Å². The molecule has 0 saturated carbocycles. The van der Waals surface area contributed by atoms with Crippen molar-refractivity contribution in [1.29, 1.82) is 5.41 Å². The van der Waals surface area contributed by atoms with E-state index >= 15 is 0 Å². The minimum atomic E-state index is -0.845. The van der Waals surface area contributed by atoms with Crippen molar-refractivity contribution < 1.29 is 13.9 Å². The number of rotatable bonds is 4. The van der Waals surface area contributed by atoms with Crippen molar-refractivity contribution in [3.8, 4) is 5.75 Å². The highest BCUT2D eigenvalue weighted by atomic mass is 35.5. The number of nitrogens with one attached hydrogen (secondary N) is 1. The maximum absolute atomic E-state index is 11.8. The van der Waals surface area contributed by atoms with Gasteiger partial charge in [-0.25, -0.2) is 4.39 Å². The fraction of sp³-hybridized carbons (Fsp3) is 0.300. The summed E-state index contributed by atoms with van der Waals surface area (Å²) in [6.07, 6.45) is 0. The van der Waals surface area contributed by atoms with Gasteiger partial charge in [0.25, 0.3) is 0 Å². The van der Waals surface area contributed by atoms with Gasteiger partial charge in [-0.2, -0.15) is 0 Å². The Balaban J connectivity index is 0.00000196. The molecule has 15 heavy (non-hydrogen) atoms. The second-order valence-corrected chi connectivity index (χ2v) is 2.54. The van der Waals surface area contributed by atoms with Crippen LogP contribution >= 0.6 is 12.4 Å². The monoisotopic (exact) mass is 233 g/mol. The van der Waals surface area contributed by atoms with Gasteiger partial charge in [-0.1, -0.05) is 0 Å². The fourth-order valence-corrected chi connectivity index (χ4v) is 0.993. The van der Waals surface area contributed by atoms with Crippen LogP contribution in [0.2, 0.25) is 0 Å². The van der Waals surface area contributed by atoms with Crippen LogP contribution in [0, 0.1) is 5.41 Å². The molecule has 84 valence electrons. The maximum Gasteiger partial charge on any atom is 0.228 e. The average Bonchev–Trinajstić information content (AvgIpc) is 2.20. The zero-order chi connectivity index (χ0) is 10.4. The molecule has 3 nitrogen and oxygen atoms in total. The first-order chi connectivity index (χ1) is 6.77. The molecule has 5 heteroatoms. The second-order valence-electron chi connectivity index (χ2n) is 2.54. The molecule has 0 saturated heterocycles. The Morgan fingerprint density at radius 2 is 1.93 bits per heavy atom. The predicted octanol–water partition coefficient (Wildman–Crippen LogP) is 2.78. The average molecular weight is 234 g/mol. The van der Waals surface area contributed by atoms with Crippen molar-refractivity contribution >= 4 is 18.3 Å². The summed E-state index contributed by atoms with van der Waals surface area (Å²) in [5, 5.41) is 7.46. The van der Waals surface area contributed by atoms with Crippen molar-refractivity contribution in [3.63, 3.8) is 0 Å². The molecule has 1 aromatic carbocycles. The number of hydrogen-bond donors (Lipinski definition) is 1. The Morgan fingerprint density at radius 1 is 1.33 bits per heavy atom. The summed E-state index contributed by atoms with van der Waals surface area (Å²) < 4.78 is 21.4. The number of alkyl halides is 1. The van der Waals surface area contributed by atoms with Crippen LogP contribution in [-0.4, -0.2) is 19.4 Å². The summed E-state index contributed by atoms with van der Waals surface area (Å²) in [5.41, 5.74) is 0.651. The standard InChI is InChI=1S/C10H12FNO2.ClH/c1-2-13-10(12)8-3-5-9(6-4-8)14-7-11;/h3-6,12H,2,7H2,1H3;1H. The minimum absolute atomic E-state index is 0. The van der Waals surface area contributed by atoms with Crippen molar-refractivity contribution in [1.82, 2.24) is 0 Å².